The van der Waals surface area contributed by atoms with Crippen LogP contribution < -0.4 is 0 Å². The molecule has 0 aromatic rings. The van der Waals surface area contributed by atoms with Crippen LogP contribution in [0.5, 0.6) is 0 Å². The first-order chi connectivity index (χ1) is 6.84. The van der Waals surface area contributed by atoms with E-state index in [1.165, 1.54) is 4.90 Å². The molecule has 2 aliphatic rings. The largest absolute Gasteiger partial charge is 0.465 e. The Labute approximate surface area is 89.9 Å². The van der Waals surface area contributed by atoms with E-state index in [4.69, 9.17) is 5.11 Å². The maximum atomic E-state index is 10.9. The molecule has 0 bridgehead atoms. The van der Waals surface area contributed by atoms with Gasteiger partial charge in [0.05, 0.1) is 0 Å². The number of hydrogen-bond donors (Lipinski definition) is 2. The molecule has 1 saturated heterocycles. The molecule has 1 aliphatic carbocycles. The minimum Gasteiger partial charge on any atom is -0.465 e. The van der Waals surface area contributed by atoms with Crippen LogP contribution in [0.1, 0.15) is 20.8 Å². The topological polar surface area (TPSA) is 60.8 Å². The Morgan fingerprint density at radius 2 is 2.13 bits per heavy atom. The summed E-state index contributed by atoms with van der Waals surface area (Å²) in [4.78, 5) is 12.4. The molecule has 4 nitrogen and oxygen atoms in total. The van der Waals surface area contributed by atoms with E-state index >= 15 is 0 Å². The molecule has 86 valence electrons. The fourth-order valence-corrected chi connectivity index (χ4v) is 3.53. The van der Waals surface area contributed by atoms with Crippen molar-refractivity contribution in [1.82, 2.24) is 4.90 Å². The number of fused-ring (bicyclic) bond motifs is 1. The van der Waals surface area contributed by atoms with Gasteiger partial charge >= 0.3 is 6.09 Å². The van der Waals surface area contributed by atoms with Crippen LogP contribution >= 0.6 is 0 Å². The second kappa shape index (κ2) is 2.88. The van der Waals surface area contributed by atoms with Crippen molar-refractivity contribution in [2.24, 2.45) is 22.7 Å². The predicted molar refractivity (Wildman–Crippen MR) is 55.6 cm³/mol. The van der Waals surface area contributed by atoms with Crippen LogP contribution in [0, 0.1) is 22.7 Å². The van der Waals surface area contributed by atoms with Gasteiger partial charge in [-0.25, -0.2) is 4.79 Å². The molecular formula is C11H19NO3. The van der Waals surface area contributed by atoms with E-state index in [9.17, 15) is 9.90 Å². The lowest BCUT2D eigenvalue weighted by Crippen LogP contribution is -2.37. The first-order valence-corrected chi connectivity index (χ1v) is 5.43. The van der Waals surface area contributed by atoms with E-state index < -0.39 is 6.09 Å². The molecule has 0 unspecified atom stereocenters. The maximum absolute atomic E-state index is 10.9. The molecule has 0 spiro atoms. The summed E-state index contributed by atoms with van der Waals surface area (Å²) in [5.41, 5.74) is 0.0788. The summed E-state index contributed by atoms with van der Waals surface area (Å²) in [7, 11) is 0. The van der Waals surface area contributed by atoms with Gasteiger partial charge in [-0.2, -0.15) is 0 Å². The van der Waals surface area contributed by atoms with E-state index in [1.807, 2.05) is 0 Å². The van der Waals surface area contributed by atoms with Gasteiger partial charge in [0.1, 0.15) is 0 Å². The van der Waals surface area contributed by atoms with Crippen LogP contribution in [0.15, 0.2) is 0 Å². The Balaban J connectivity index is 2.20. The molecule has 2 fully saturated rings. The number of nitrogens with zero attached hydrogens (tertiary/aromatic N) is 1. The number of likely N-dealkylation sites (tertiary alicyclic amines) is 1. The van der Waals surface area contributed by atoms with Crippen LogP contribution in [0.3, 0.4) is 0 Å². The fraction of sp³-hybridized carbons (Fsp3) is 0.909. The molecule has 3 atom stereocenters. The Hall–Kier alpha value is -0.770. The van der Waals surface area contributed by atoms with Crippen molar-refractivity contribution >= 4 is 6.09 Å². The minimum atomic E-state index is -0.831. The predicted octanol–water partition coefficient (Wildman–Crippen LogP) is 1.25. The Morgan fingerprint density at radius 1 is 1.53 bits per heavy atom. The second-order valence-electron chi connectivity index (χ2n) is 5.85. The lowest BCUT2D eigenvalue weighted by Gasteiger charge is -2.32. The molecule has 1 aliphatic heterocycles. The smallest absolute Gasteiger partial charge is 0.407 e. The highest BCUT2D eigenvalue weighted by molar-refractivity contribution is 5.66. The summed E-state index contributed by atoms with van der Waals surface area (Å²) in [6.07, 6.45) is -0.831. The molecule has 0 aromatic heterocycles. The summed E-state index contributed by atoms with van der Waals surface area (Å²) in [6.45, 7) is 7.79. The number of carboxylic acid groups (broad SMARTS) is 1. The number of amides is 1. The number of carbonyl (C=O) groups is 1. The Morgan fingerprint density at radius 3 is 2.47 bits per heavy atom. The van der Waals surface area contributed by atoms with Gasteiger partial charge in [0.2, 0.25) is 0 Å². The van der Waals surface area contributed by atoms with Crippen molar-refractivity contribution < 1.29 is 15.0 Å². The normalized spacial score (nSPS) is 39.1. The number of aliphatic hydroxyl groups excluding tert-OH is 1. The van der Waals surface area contributed by atoms with Crippen LogP contribution in [0.4, 0.5) is 4.79 Å². The number of aliphatic hydroxyl groups is 1. The third-order valence-corrected chi connectivity index (χ3v) is 4.43. The molecule has 15 heavy (non-hydrogen) atoms. The minimum absolute atomic E-state index is 0.0140. The molecule has 2 rings (SSSR count). The van der Waals surface area contributed by atoms with Crippen molar-refractivity contribution in [1.29, 1.82) is 0 Å². The Bertz CT molecular complexity index is 297. The van der Waals surface area contributed by atoms with Gasteiger partial charge in [-0.05, 0) is 17.3 Å². The van der Waals surface area contributed by atoms with Crippen LogP contribution in [0.2, 0.25) is 0 Å². The molecular weight excluding hydrogens is 194 g/mol. The van der Waals surface area contributed by atoms with Gasteiger partial charge in [-0.15, -0.1) is 0 Å². The monoisotopic (exact) mass is 213 g/mol. The van der Waals surface area contributed by atoms with E-state index in [2.05, 4.69) is 20.8 Å². The van der Waals surface area contributed by atoms with Gasteiger partial charge < -0.3 is 15.1 Å². The van der Waals surface area contributed by atoms with Crippen LogP contribution in [0.25, 0.3) is 0 Å². The highest BCUT2D eigenvalue weighted by atomic mass is 16.4. The summed E-state index contributed by atoms with van der Waals surface area (Å²) >= 11 is 0. The molecule has 1 amide bonds. The average Bonchev–Trinajstić information content (AvgIpc) is 2.52. The zero-order valence-corrected chi connectivity index (χ0v) is 9.53. The number of piperidine rings is 1. The molecule has 1 heterocycles. The summed E-state index contributed by atoms with van der Waals surface area (Å²) < 4.78 is 0. The average molecular weight is 213 g/mol. The number of hydrogen-bond acceptors (Lipinski definition) is 2. The Kier molecular flexibility index (Phi) is 2.06. The van der Waals surface area contributed by atoms with Crippen LogP contribution in [-0.4, -0.2) is 40.9 Å². The highest BCUT2D eigenvalue weighted by Gasteiger charge is 2.73. The van der Waals surface area contributed by atoms with E-state index in [0.717, 1.165) is 0 Å². The molecule has 1 saturated carbocycles. The first-order valence-electron chi connectivity index (χ1n) is 5.43. The van der Waals surface area contributed by atoms with E-state index in [0.29, 0.717) is 24.9 Å². The summed E-state index contributed by atoms with van der Waals surface area (Å²) in [5, 5.41) is 18.3. The van der Waals surface area contributed by atoms with Gasteiger partial charge in [0.15, 0.2) is 0 Å². The van der Waals surface area contributed by atoms with Gasteiger partial charge in [-0.3, -0.25) is 0 Å². The molecule has 0 radical (unpaired) electrons. The zero-order valence-electron chi connectivity index (χ0n) is 9.53. The zero-order chi connectivity index (χ0) is 11.4. The van der Waals surface area contributed by atoms with Gasteiger partial charge in [0.25, 0.3) is 0 Å². The fourth-order valence-electron chi connectivity index (χ4n) is 3.53. The SMILES string of the molecule is CC(C)(C)[C@@]12CN(C(=O)O)C[C@H]1[C@H]2CO. The van der Waals surface area contributed by atoms with Crippen molar-refractivity contribution in [2.75, 3.05) is 19.7 Å². The van der Waals surface area contributed by atoms with E-state index in [-0.39, 0.29) is 17.4 Å². The standard InChI is InChI=1S/C11H19NO3/c1-10(2,3)11-6-12(9(14)15)4-7(11)8(11)5-13/h7-8,13H,4-6H2,1-3H3,(H,14,15)/t7-,8+,11-/m0/s1. The van der Waals surface area contributed by atoms with Crippen molar-refractivity contribution in [3.8, 4) is 0 Å². The van der Waals surface area contributed by atoms with Crippen molar-refractivity contribution in [3.63, 3.8) is 0 Å². The second-order valence-corrected chi connectivity index (χ2v) is 5.85. The first kappa shape index (κ1) is 10.7. The highest BCUT2D eigenvalue weighted by Crippen LogP contribution is 2.70. The maximum Gasteiger partial charge on any atom is 0.407 e. The van der Waals surface area contributed by atoms with Gasteiger partial charge in [0, 0.05) is 25.1 Å². The molecule has 4 heteroatoms. The number of rotatable bonds is 1. The lowest BCUT2D eigenvalue weighted by atomic mass is 9.75. The lowest BCUT2D eigenvalue weighted by molar-refractivity contribution is 0.109. The van der Waals surface area contributed by atoms with Crippen molar-refractivity contribution in [3.05, 3.63) is 0 Å². The van der Waals surface area contributed by atoms with E-state index in [1.54, 1.807) is 0 Å². The summed E-state index contributed by atoms with van der Waals surface area (Å²) in [6, 6.07) is 0. The molecule has 0 aromatic carbocycles. The molecule has 2 N–H and O–H groups in total. The van der Waals surface area contributed by atoms with Crippen LogP contribution in [-0.2, 0) is 0 Å². The third-order valence-electron chi connectivity index (χ3n) is 4.43. The third kappa shape index (κ3) is 1.20. The van der Waals surface area contributed by atoms with Gasteiger partial charge in [-0.1, -0.05) is 20.8 Å². The van der Waals surface area contributed by atoms with Crippen molar-refractivity contribution in [2.45, 2.75) is 20.8 Å². The summed E-state index contributed by atoms with van der Waals surface area (Å²) in [5.74, 6) is 0.659. The quantitative estimate of drug-likeness (QED) is 0.689.